The summed E-state index contributed by atoms with van der Waals surface area (Å²) in [6, 6.07) is 0. The lowest BCUT2D eigenvalue weighted by Crippen LogP contribution is -2.53. The number of anilines is 1. The largest absolute Gasteiger partial charge is 0.410 e. The van der Waals surface area contributed by atoms with Gasteiger partial charge in [-0.15, -0.1) is 0 Å². The number of aromatic nitrogens is 3. The third kappa shape index (κ3) is 3.49. The van der Waals surface area contributed by atoms with E-state index in [9.17, 15) is 9.90 Å². The van der Waals surface area contributed by atoms with Crippen LogP contribution >= 0.6 is 22.6 Å². The Labute approximate surface area is 179 Å². The van der Waals surface area contributed by atoms with E-state index in [1.807, 2.05) is 10.8 Å². The number of halogens is 1. The SMILES string of the molecule is CC(C)(C)[Si](C)(C)OC1C[C@H](n2cc(I)c3c(N)ncnc32)OC1(C=O)CO. The zero-order chi connectivity index (χ0) is 20.9. The quantitative estimate of drug-likeness (QED) is 0.356. The number of hydrogen-bond acceptors (Lipinski definition) is 7. The van der Waals surface area contributed by atoms with Crippen LogP contribution in [0.2, 0.25) is 18.1 Å². The lowest BCUT2D eigenvalue weighted by Gasteiger charge is -2.40. The number of aliphatic hydroxyl groups is 1. The molecule has 3 N–H and O–H groups in total. The second kappa shape index (κ2) is 7.31. The first-order valence-corrected chi connectivity index (χ1v) is 13.1. The summed E-state index contributed by atoms with van der Waals surface area (Å²) in [4.78, 5) is 20.4. The third-order valence-corrected chi connectivity index (χ3v) is 11.2. The number of hydrogen-bond donors (Lipinski definition) is 2. The molecule has 3 heterocycles. The topological polar surface area (TPSA) is 112 Å². The van der Waals surface area contributed by atoms with Gasteiger partial charge in [0.2, 0.25) is 0 Å². The molecular formula is C18H27IN4O4Si. The Morgan fingerprint density at radius 3 is 2.75 bits per heavy atom. The smallest absolute Gasteiger partial charge is 0.192 e. The standard InChI is InChI=1S/C18H27IN4O4Si/c1-17(2,3)28(4,5)27-12-6-13(26-18(12,8-24)9-25)23-7-11(19)14-15(20)21-10-22-16(14)23/h7-8,10,12-13,25H,6,9H2,1-5H3,(H2,20,21,22)/t12?,13-,18?/m1/s1. The Morgan fingerprint density at radius 1 is 1.50 bits per heavy atom. The molecule has 0 amide bonds. The summed E-state index contributed by atoms with van der Waals surface area (Å²) in [5.41, 5.74) is 5.24. The fourth-order valence-electron chi connectivity index (χ4n) is 3.17. The van der Waals surface area contributed by atoms with Crippen LogP contribution in [-0.2, 0) is 14.0 Å². The number of nitrogens with two attached hydrogens (primary N) is 1. The second-order valence-electron chi connectivity index (χ2n) is 8.75. The summed E-state index contributed by atoms with van der Waals surface area (Å²) in [5, 5.41) is 10.8. The van der Waals surface area contributed by atoms with Crippen LogP contribution in [0.1, 0.15) is 33.4 Å². The molecule has 1 saturated heterocycles. The molecule has 1 fully saturated rings. The van der Waals surface area contributed by atoms with Gasteiger partial charge in [0.25, 0.3) is 0 Å². The van der Waals surface area contributed by atoms with Gasteiger partial charge in [0, 0.05) is 16.2 Å². The summed E-state index contributed by atoms with van der Waals surface area (Å²) in [6.45, 7) is 10.2. The van der Waals surface area contributed by atoms with Gasteiger partial charge in [-0.3, -0.25) is 4.79 Å². The van der Waals surface area contributed by atoms with Gasteiger partial charge in [0.15, 0.2) is 20.2 Å². The van der Waals surface area contributed by atoms with Crippen LogP contribution in [0.15, 0.2) is 12.5 Å². The van der Waals surface area contributed by atoms with Gasteiger partial charge in [-0.25, -0.2) is 9.97 Å². The average molecular weight is 518 g/mol. The minimum absolute atomic E-state index is 0.0353. The summed E-state index contributed by atoms with van der Waals surface area (Å²) in [6.07, 6.45) is 3.33. The van der Waals surface area contributed by atoms with E-state index in [1.54, 1.807) is 0 Å². The van der Waals surface area contributed by atoms with Crippen molar-refractivity contribution in [2.45, 2.75) is 63.3 Å². The Bertz CT molecular complexity index is 898. The molecule has 8 nitrogen and oxygen atoms in total. The monoisotopic (exact) mass is 518 g/mol. The van der Waals surface area contributed by atoms with Crippen molar-refractivity contribution in [3.63, 3.8) is 0 Å². The number of nitrogens with zero attached hydrogens (tertiary/aromatic N) is 3. The predicted octanol–water partition coefficient (Wildman–Crippen LogP) is 2.86. The zero-order valence-electron chi connectivity index (χ0n) is 16.8. The van der Waals surface area contributed by atoms with Crippen LogP contribution in [0.5, 0.6) is 0 Å². The number of nitrogen functional groups attached to an aromatic ring is 1. The minimum Gasteiger partial charge on any atom is -0.410 e. The Hall–Kier alpha value is -1.08. The molecule has 28 heavy (non-hydrogen) atoms. The van der Waals surface area contributed by atoms with Crippen LogP contribution in [0.4, 0.5) is 5.82 Å². The molecule has 2 unspecified atom stereocenters. The highest BCUT2D eigenvalue weighted by molar-refractivity contribution is 14.1. The maximum atomic E-state index is 12.0. The van der Waals surface area contributed by atoms with Crippen molar-refractivity contribution in [3.8, 4) is 0 Å². The first-order chi connectivity index (χ1) is 13.0. The van der Waals surface area contributed by atoms with Gasteiger partial charge in [-0.1, -0.05) is 20.8 Å². The van der Waals surface area contributed by atoms with E-state index in [-0.39, 0.29) is 5.04 Å². The Morgan fingerprint density at radius 2 is 2.18 bits per heavy atom. The molecule has 0 radical (unpaired) electrons. The van der Waals surface area contributed by atoms with Gasteiger partial charge in [0.05, 0.1) is 18.1 Å². The number of ether oxygens (including phenoxy) is 1. The molecule has 0 saturated carbocycles. The highest BCUT2D eigenvalue weighted by Crippen LogP contribution is 2.45. The van der Waals surface area contributed by atoms with E-state index < -0.39 is 32.9 Å². The summed E-state index contributed by atoms with van der Waals surface area (Å²) in [7, 11) is -2.19. The molecule has 0 aromatic carbocycles. The van der Waals surface area contributed by atoms with Crippen molar-refractivity contribution in [1.29, 1.82) is 0 Å². The molecule has 1 aliphatic rings. The van der Waals surface area contributed by atoms with E-state index >= 15 is 0 Å². The third-order valence-electron chi connectivity index (χ3n) is 5.91. The van der Waals surface area contributed by atoms with E-state index in [4.69, 9.17) is 14.9 Å². The van der Waals surface area contributed by atoms with Crippen molar-refractivity contribution in [2.24, 2.45) is 0 Å². The van der Waals surface area contributed by atoms with Crippen LogP contribution in [-0.4, -0.2) is 52.6 Å². The number of carbonyl (C=O) groups is 1. The van der Waals surface area contributed by atoms with Crippen LogP contribution < -0.4 is 5.73 Å². The number of carbonyl (C=O) groups excluding carboxylic acids is 1. The molecular weight excluding hydrogens is 491 g/mol. The number of rotatable bonds is 5. The van der Waals surface area contributed by atoms with Crippen molar-refractivity contribution in [1.82, 2.24) is 14.5 Å². The Kier molecular flexibility index (Phi) is 5.64. The second-order valence-corrected chi connectivity index (χ2v) is 14.7. The average Bonchev–Trinajstić information content (AvgIpc) is 3.13. The highest BCUT2D eigenvalue weighted by Gasteiger charge is 2.53. The molecule has 3 rings (SSSR count). The van der Waals surface area contributed by atoms with Gasteiger partial charge >= 0.3 is 0 Å². The normalized spacial score (nSPS) is 26.1. The van der Waals surface area contributed by atoms with Gasteiger partial charge in [-0.2, -0.15) is 0 Å². The first kappa shape index (κ1) is 21.6. The van der Waals surface area contributed by atoms with E-state index in [2.05, 4.69) is 66.4 Å². The number of fused-ring (bicyclic) bond motifs is 1. The predicted molar refractivity (Wildman–Crippen MR) is 117 cm³/mol. The number of aliphatic hydroxyl groups excluding tert-OH is 1. The van der Waals surface area contributed by atoms with Crippen molar-refractivity contribution >= 4 is 54.0 Å². The van der Waals surface area contributed by atoms with E-state index in [0.717, 1.165) is 8.96 Å². The fraction of sp³-hybridized carbons (Fsp3) is 0.611. The molecule has 3 atom stereocenters. The van der Waals surface area contributed by atoms with E-state index in [1.165, 1.54) is 6.33 Å². The number of aldehydes is 1. The molecule has 0 spiro atoms. The van der Waals surface area contributed by atoms with Crippen LogP contribution in [0.3, 0.4) is 0 Å². The fourth-order valence-corrected chi connectivity index (χ4v) is 5.35. The van der Waals surface area contributed by atoms with Crippen LogP contribution in [0.25, 0.3) is 11.0 Å². The molecule has 0 bridgehead atoms. The molecule has 10 heteroatoms. The van der Waals surface area contributed by atoms with Crippen molar-refractivity contribution < 1.29 is 19.1 Å². The first-order valence-electron chi connectivity index (χ1n) is 9.15. The molecule has 2 aromatic rings. The summed E-state index contributed by atoms with van der Waals surface area (Å²) in [5.74, 6) is 0.393. The van der Waals surface area contributed by atoms with Crippen molar-refractivity contribution in [2.75, 3.05) is 12.3 Å². The molecule has 0 aliphatic carbocycles. The lowest BCUT2D eigenvalue weighted by atomic mass is 10.00. The van der Waals surface area contributed by atoms with Gasteiger partial charge in [0.1, 0.15) is 24.0 Å². The molecule has 1 aliphatic heterocycles. The summed E-state index contributed by atoms with van der Waals surface area (Å²) >= 11 is 2.18. The molecule has 2 aromatic heterocycles. The lowest BCUT2D eigenvalue weighted by molar-refractivity contribution is -0.150. The van der Waals surface area contributed by atoms with Crippen molar-refractivity contribution in [3.05, 3.63) is 16.1 Å². The molecule has 154 valence electrons. The Balaban J connectivity index is 2.01. The maximum Gasteiger partial charge on any atom is 0.192 e. The van der Waals surface area contributed by atoms with Gasteiger partial charge in [-0.05, 0) is 40.7 Å². The highest BCUT2D eigenvalue weighted by atomic mass is 127. The summed E-state index contributed by atoms with van der Waals surface area (Å²) < 4.78 is 15.3. The maximum absolute atomic E-state index is 12.0. The van der Waals surface area contributed by atoms with Gasteiger partial charge < -0.3 is 24.6 Å². The van der Waals surface area contributed by atoms with E-state index in [0.29, 0.717) is 24.2 Å². The zero-order valence-corrected chi connectivity index (χ0v) is 19.9. The minimum atomic E-state index is -2.19. The van der Waals surface area contributed by atoms with Crippen LogP contribution in [0, 0.1) is 3.57 Å².